The molecule has 40 heavy (non-hydrogen) atoms. The van der Waals surface area contributed by atoms with Gasteiger partial charge in [-0.3, -0.25) is 5.32 Å². The second-order valence-electron chi connectivity index (χ2n) is 10.8. The van der Waals surface area contributed by atoms with E-state index in [9.17, 15) is 8.42 Å². The fraction of sp³-hybridized carbons (Fsp3) is 0.567. The van der Waals surface area contributed by atoms with Crippen LogP contribution in [-0.4, -0.2) is 45.5 Å². The Morgan fingerprint density at radius 2 is 1.68 bits per heavy atom. The minimum atomic E-state index is -3.51. The van der Waals surface area contributed by atoms with Crippen molar-refractivity contribution in [3.05, 3.63) is 53.6 Å². The first-order valence-electron chi connectivity index (χ1n) is 14.1. The van der Waals surface area contributed by atoms with Gasteiger partial charge in [-0.25, -0.2) is 8.42 Å². The first-order chi connectivity index (χ1) is 18.1. The minimum absolute atomic E-state index is 0. The number of halogens is 1. The third-order valence-corrected chi connectivity index (χ3v) is 9.63. The van der Waals surface area contributed by atoms with Crippen LogP contribution in [0.25, 0.3) is 0 Å². The number of nitrogens with one attached hydrogen (secondary N) is 3. The molecular formula is C30H46BrN4O2S2V-. The molecule has 1 aliphatic heterocycles. The van der Waals surface area contributed by atoms with Crippen LogP contribution in [0.15, 0.2) is 47.4 Å². The maximum Gasteiger partial charge on any atom is 0.180 e. The average Bonchev–Trinajstić information content (AvgIpc) is 2.96. The summed E-state index contributed by atoms with van der Waals surface area (Å²) in [5, 5.41) is 11.0. The van der Waals surface area contributed by atoms with Gasteiger partial charge in [0.2, 0.25) is 0 Å². The van der Waals surface area contributed by atoms with Crippen molar-refractivity contribution in [2.75, 3.05) is 36.6 Å². The number of fused-ring (bicyclic) bond motifs is 1. The van der Waals surface area contributed by atoms with E-state index in [4.69, 9.17) is 12.2 Å². The van der Waals surface area contributed by atoms with E-state index in [-0.39, 0.29) is 47.3 Å². The molecule has 223 valence electrons. The van der Waals surface area contributed by atoms with Crippen molar-refractivity contribution in [2.24, 2.45) is 0 Å². The largest absolute Gasteiger partial charge is 1.00 e. The van der Waals surface area contributed by atoms with Gasteiger partial charge in [-0.1, -0.05) is 64.5 Å². The molecule has 1 aliphatic rings. The molecule has 3 N–H and O–H groups in total. The Balaban J connectivity index is 0.00000400. The zero-order valence-corrected chi connectivity index (χ0v) is 29.2. The zero-order chi connectivity index (χ0) is 27.8. The van der Waals surface area contributed by atoms with Crippen LogP contribution in [0.1, 0.15) is 89.3 Å². The summed E-state index contributed by atoms with van der Waals surface area (Å²) in [5.41, 5.74) is 3.22. The Morgan fingerprint density at radius 1 is 1.02 bits per heavy atom. The van der Waals surface area contributed by atoms with E-state index in [0.717, 1.165) is 80.4 Å². The monoisotopic (exact) mass is 688 g/mol. The number of rotatable bonds is 12. The van der Waals surface area contributed by atoms with Gasteiger partial charge in [0.05, 0.1) is 16.7 Å². The Bertz CT molecular complexity index is 1180. The van der Waals surface area contributed by atoms with Gasteiger partial charge in [0.1, 0.15) is 0 Å². The van der Waals surface area contributed by atoms with E-state index in [0.29, 0.717) is 10.0 Å². The van der Waals surface area contributed by atoms with E-state index < -0.39 is 15.4 Å². The van der Waals surface area contributed by atoms with Crippen LogP contribution in [0.2, 0.25) is 0 Å². The van der Waals surface area contributed by atoms with Gasteiger partial charge >= 0.3 is 0 Å². The molecule has 6 nitrogen and oxygen atoms in total. The van der Waals surface area contributed by atoms with Crippen molar-refractivity contribution in [3.63, 3.8) is 0 Å². The SMILES string of the molecule is CCCCCC1(CCCCC)CS(=O)(=O)c2ccc(N(C)C)cc2C(c2cccc(NC(=S)NCC)c2)N1.[Br-].[V]. The van der Waals surface area contributed by atoms with Crippen molar-refractivity contribution >= 4 is 38.5 Å². The smallest absolute Gasteiger partial charge is 0.180 e. The van der Waals surface area contributed by atoms with Crippen LogP contribution in [0.5, 0.6) is 0 Å². The second-order valence-corrected chi connectivity index (χ2v) is 13.1. The zero-order valence-electron chi connectivity index (χ0n) is 24.6. The molecule has 0 aromatic heterocycles. The molecule has 0 saturated heterocycles. The Morgan fingerprint density at radius 3 is 2.25 bits per heavy atom. The van der Waals surface area contributed by atoms with Crippen LogP contribution >= 0.6 is 12.2 Å². The standard InChI is InChI=1S/C30H46N4O2S2.BrH.V/c1-6-9-11-18-30(19-12-10-7-2)22-38(35,36)27-17-16-25(34(4)5)21-26(27)28(33-30)23-14-13-15-24(20-23)32-29(37)31-8-3;;/h13-17,20-21,28,33H,6-12,18-19,22H2,1-5H3,(H2,31,32,37);1H;/p-1. The summed E-state index contributed by atoms with van der Waals surface area (Å²) in [6.07, 6.45) is 8.11. The van der Waals surface area contributed by atoms with Gasteiger partial charge in [0.25, 0.3) is 0 Å². The van der Waals surface area contributed by atoms with Gasteiger partial charge in [0, 0.05) is 56.1 Å². The summed E-state index contributed by atoms with van der Waals surface area (Å²) in [4.78, 5) is 2.47. The van der Waals surface area contributed by atoms with E-state index in [2.05, 4.69) is 41.9 Å². The molecule has 0 saturated carbocycles. The van der Waals surface area contributed by atoms with Crippen molar-refractivity contribution in [1.82, 2.24) is 10.6 Å². The Kier molecular flexibility index (Phi) is 15.8. The van der Waals surface area contributed by atoms with Crippen LogP contribution in [-0.2, 0) is 28.4 Å². The molecule has 2 aromatic rings. The third kappa shape index (κ3) is 9.74. The van der Waals surface area contributed by atoms with Gasteiger partial charge < -0.3 is 32.5 Å². The Labute approximate surface area is 270 Å². The maximum absolute atomic E-state index is 14.0. The van der Waals surface area contributed by atoms with E-state index in [1.165, 1.54) is 0 Å². The number of nitrogens with zero attached hydrogens (tertiary/aromatic N) is 1. The normalized spacial score (nSPS) is 16.9. The van der Waals surface area contributed by atoms with Gasteiger partial charge in [0.15, 0.2) is 14.9 Å². The number of unbranched alkanes of at least 4 members (excludes halogenated alkanes) is 4. The van der Waals surface area contributed by atoms with E-state index >= 15 is 0 Å². The summed E-state index contributed by atoms with van der Waals surface area (Å²) >= 11 is 5.43. The van der Waals surface area contributed by atoms with Gasteiger partial charge in [-0.2, -0.15) is 0 Å². The van der Waals surface area contributed by atoms with E-state index in [1.54, 1.807) is 0 Å². The van der Waals surface area contributed by atoms with Crippen LogP contribution in [0.3, 0.4) is 0 Å². The molecule has 0 fully saturated rings. The third-order valence-electron chi connectivity index (χ3n) is 7.41. The average molecular weight is 690 g/mol. The number of anilines is 2. The first kappa shape index (κ1) is 36.9. The molecule has 1 atom stereocenters. The maximum atomic E-state index is 14.0. The summed E-state index contributed by atoms with van der Waals surface area (Å²) in [6.45, 7) is 7.14. The minimum Gasteiger partial charge on any atom is -1.00 e. The van der Waals surface area contributed by atoms with Gasteiger partial charge in [-0.05, 0) is 73.4 Å². The summed E-state index contributed by atoms with van der Waals surface area (Å²) in [7, 11) is 0.467. The van der Waals surface area contributed by atoms with Crippen molar-refractivity contribution in [1.29, 1.82) is 0 Å². The molecule has 0 aliphatic carbocycles. The molecule has 0 spiro atoms. The van der Waals surface area contributed by atoms with Crippen LogP contribution < -0.4 is 37.8 Å². The van der Waals surface area contributed by atoms with Crippen molar-refractivity contribution in [2.45, 2.75) is 88.6 Å². The summed E-state index contributed by atoms with van der Waals surface area (Å²) < 4.78 is 28.1. The molecule has 10 heteroatoms. The predicted octanol–water partition coefficient (Wildman–Crippen LogP) is 3.43. The molecule has 1 radical (unpaired) electrons. The first-order valence-corrected chi connectivity index (χ1v) is 16.2. The fourth-order valence-electron chi connectivity index (χ4n) is 5.43. The fourth-order valence-corrected chi connectivity index (χ4v) is 7.75. The molecule has 2 aromatic carbocycles. The number of thiocarbonyl (C=S) groups is 1. The van der Waals surface area contributed by atoms with E-state index in [1.807, 2.05) is 56.3 Å². The number of sulfone groups is 1. The quantitative estimate of drug-likeness (QED) is 0.233. The molecular weight excluding hydrogens is 643 g/mol. The molecule has 0 amide bonds. The Hall–Kier alpha value is -1.10. The van der Waals surface area contributed by atoms with Crippen molar-refractivity contribution in [3.8, 4) is 0 Å². The van der Waals surface area contributed by atoms with Crippen LogP contribution in [0, 0.1) is 0 Å². The topological polar surface area (TPSA) is 73.5 Å². The molecule has 0 bridgehead atoms. The summed E-state index contributed by atoms with van der Waals surface area (Å²) in [5.74, 6) is 0.126. The van der Waals surface area contributed by atoms with Crippen molar-refractivity contribution < 1.29 is 44.0 Å². The number of hydrogen-bond acceptors (Lipinski definition) is 5. The molecule has 3 rings (SSSR count). The number of hydrogen-bond donors (Lipinski definition) is 3. The predicted molar refractivity (Wildman–Crippen MR) is 165 cm³/mol. The number of benzene rings is 2. The molecule has 1 heterocycles. The molecule has 1 unspecified atom stereocenters. The van der Waals surface area contributed by atoms with Gasteiger partial charge in [-0.15, -0.1) is 0 Å². The second kappa shape index (κ2) is 17.1. The van der Waals surface area contributed by atoms with Crippen LogP contribution in [0.4, 0.5) is 11.4 Å². The summed E-state index contributed by atoms with van der Waals surface area (Å²) in [6, 6.07) is 13.7.